The monoisotopic (exact) mass is 325 g/mol. The summed E-state index contributed by atoms with van der Waals surface area (Å²) in [7, 11) is 0. The van der Waals surface area contributed by atoms with Crippen LogP contribution in [0.3, 0.4) is 0 Å². The normalized spacial score (nSPS) is 12.4. The summed E-state index contributed by atoms with van der Waals surface area (Å²) in [5.41, 5.74) is 6.71. The number of carbonyl (C=O) groups is 1. The van der Waals surface area contributed by atoms with Crippen LogP contribution in [0, 0.1) is 5.92 Å². The van der Waals surface area contributed by atoms with E-state index in [0.717, 1.165) is 29.4 Å². The maximum absolute atomic E-state index is 12.0. The fraction of sp³-hybridized carbons (Fsp3) is 0.562. The Bertz CT molecular complexity index is 369. The van der Waals surface area contributed by atoms with E-state index in [4.69, 9.17) is 5.73 Å². The van der Waals surface area contributed by atoms with Crippen molar-refractivity contribution in [2.75, 3.05) is 6.54 Å². The van der Waals surface area contributed by atoms with E-state index in [1.165, 1.54) is 12.8 Å². The Labute approximate surface area is 124 Å². The molecule has 3 heteroatoms. The molecular formula is C16H24BrNO. The van der Waals surface area contributed by atoms with Gasteiger partial charge in [-0.25, -0.2) is 0 Å². The molecule has 0 saturated heterocycles. The van der Waals surface area contributed by atoms with Crippen molar-refractivity contribution < 1.29 is 4.79 Å². The van der Waals surface area contributed by atoms with Crippen LogP contribution in [0.25, 0.3) is 0 Å². The van der Waals surface area contributed by atoms with Crippen LogP contribution in [0.4, 0.5) is 0 Å². The van der Waals surface area contributed by atoms with E-state index in [1.807, 2.05) is 24.3 Å². The standard InChI is InChI=1S/C16H24BrNO/c1-2-3-13(10-11-18)6-9-16(19)12-14-4-7-15(17)8-5-14/h4-5,7-8,13H,2-3,6,9-12,18H2,1H3. The predicted molar refractivity (Wildman–Crippen MR) is 84.2 cm³/mol. The molecule has 0 fully saturated rings. The second-order valence-corrected chi connectivity index (χ2v) is 6.03. The fourth-order valence-corrected chi connectivity index (χ4v) is 2.62. The third-order valence-corrected chi connectivity index (χ3v) is 3.95. The van der Waals surface area contributed by atoms with Crippen molar-refractivity contribution in [1.82, 2.24) is 0 Å². The highest BCUT2D eigenvalue weighted by molar-refractivity contribution is 9.10. The van der Waals surface area contributed by atoms with Crippen LogP contribution in [-0.2, 0) is 11.2 Å². The van der Waals surface area contributed by atoms with Gasteiger partial charge in [-0.3, -0.25) is 4.79 Å². The Hall–Kier alpha value is -0.670. The van der Waals surface area contributed by atoms with Crippen LogP contribution in [0.5, 0.6) is 0 Å². The van der Waals surface area contributed by atoms with E-state index < -0.39 is 0 Å². The van der Waals surface area contributed by atoms with Gasteiger partial charge in [0.05, 0.1) is 0 Å². The van der Waals surface area contributed by atoms with Gasteiger partial charge in [0.15, 0.2) is 0 Å². The summed E-state index contributed by atoms with van der Waals surface area (Å²) in [5, 5.41) is 0. The van der Waals surface area contributed by atoms with Crippen molar-refractivity contribution in [2.45, 2.75) is 45.4 Å². The average Bonchev–Trinajstić information content (AvgIpc) is 2.39. The minimum atomic E-state index is 0.334. The lowest BCUT2D eigenvalue weighted by Crippen LogP contribution is -2.11. The fourth-order valence-electron chi connectivity index (χ4n) is 2.36. The van der Waals surface area contributed by atoms with Gasteiger partial charge in [-0.05, 0) is 43.0 Å². The Morgan fingerprint density at radius 3 is 2.47 bits per heavy atom. The molecule has 2 nitrogen and oxygen atoms in total. The quantitative estimate of drug-likeness (QED) is 0.742. The molecule has 1 atom stereocenters. The molecule has 2 N–H and O–H groups in total. The molecule has 0 aromatic heterocycles. The Morgan fingerprint density at radius 1 is 1.21 bits per heavy atom. The first kappa shape index (κ1) is 16.4. The summed E-state index contributed by atoms with van der Waals surface area (Å²) in [5.74, 6) is 0.948. The smallest absolute Gasteiger partial charge is 0.137 e. The molecule has 0 aliphatic rings. The second kappa shape index (κ2) is 9.27. The Morgan fingerprint density at radius 2 is 1.89 bits per heavy atom. The molecule has 0 radical (unpaired) electrons. The third kappa shape index (κ3) is 6.88. The molecule has 19 heavy (non-hydrogen) atoms. The molecule has 1 aromatic rings. The molecule has 1 unspecified atom stereocenters. The van der Waals surface area contributed by atoms with Crippen LogP contribution < -0.4 is 5.73 Å². The number of rotatable bonds is 9. The average molecular weight is 326 g/mol. The van der Waals surface area contributed by atoms with E-state index in [1.54, 1.807) is 0 Å². The molecule has 0 aliphatic carbocycles. The number of hydrogen-bond acceptors (Lipinski definition) is 2. The Balaban J connectivity index is 2.35. The van der Waals surface area contributed by atoms with Gasteiger partial charge in [0.1, 0.15) is 5.78 Å². The zero-order valence-corrected chi connectivity index (χ0v) is 13.3. The molecule has 0 amide bonds. The van der Waals surface area contributed by atoms with E-state index in [2.05, 4.69) is 22.9 Å². The van der Waals surface area contributed by atoms with Crippen LogP contribution in [0.15, 0.2) is 28.7 Å². The topological polar surface area (TPSA) is 43.1 Å². The summed E-state index contributed by atoms with van der Waals surface area (Å²) in [6.07, 6.45) is 5.61. The summed E-state index contributed by atoms with van der Waals surface area (Å²) in [4.78, 5) is 12.0. The van der Waals surface area contributed by atoms with Crippen molar-refractivity contribution in [3.05, 3.63) is 34.3 Å². The van der Waals surface area contributed by atoms with Gasteiger partial charge >= 0.3 is 0 Å². The van der Waals surface area contributed by atoms with Gasteiger partial charge in [0, 0.05) is 17.3 Å². The van der Waals surface area contributed by atoms with Crippen LogP contribution in [0.2, 0.25) is 0 Å². The lowest BCUT2D eigenvalue weighted by atomic mass is 9.92. The zero-order valence-electron chi connectivity index (χ0n) is 11.7. The molecule has 1 aromatic carbocycles. The number of carbonyl (C=O) groups excluding carboxylic acids is 1. The van der Waals surface area contributed by atoms with Crippen molar-refractivity contribution >= 4 is 21.7 Å². The van der Waals surface area contributed by atoms with Gasteiger partial charge in [0.2, 0.25) is 0 Å². The van der Waals surface area contributed by atoms with Crippen molar-refractivity contribution in [1.29, 1.82) is 0 Å². The highest BCUT2D eigenvalue weighted by Gasteiger charge is 2.10. The lowest BCUT2D eigenvalue weighted by Gasteiger charge is -2.14. The van der Waals surface area contributed by atoms with Gasteiger partial charge in [-0.1, -0.05) is 47.8 Å². The molecular weight excluding hydrogens is 302 g/mol. The summed E-state index contributed by atoms with van der Waals surface area (Å²) >= 11 is 3.40. The third-order valence-electron chi connectivity index (χ3n) is 3.42. The van der Waals surface area contributed by atoms with E-state index >= 15 is 0 Å². The molecule has 0 saturated carbocycles. The van der Waals surface area contributed by atoms with Gasteiger partial charge < -0.3 is 5.73 Å². The van der Waals surface area contributed by atoms with Crippen molar-refractivity contribution in [3.8, 4) is 0 Å². The number of nitrogens with two attached hydrogens (primary N) is 1. The number of Topliss-reactive ketones (excluding diaryl/α,β-unsaturated/α-hetero) is 1. The van der Waals surface area contributed by atoms with Gasteiger partial charge in [0.25, 0.3) is 0 Å². The highest BCUT2D eigenvalue weighted by atomic mass is 79.9. The largest absolute Gasteiger partial charge is 0.330 e. The summed E-state index contributed by atoms with van der Waals surface area (Å²) in [6.45, 7) is 2.92. The van der Waals surface area contributed by atoms with Crippen LogP contribution >= 0.6 is 15.9 Å². The minimum Gasteiger partial charge on any atom is -0.330 e. The highest BCUT2D eigenvalue weighted by Crippen LogP contribution is 2.18. The van der Waals surface area contributed by atoms with Crippen molar-refractivity contribution in [2.24, 2.45) is 11.7 Å². The number of benzene rings is 1. The molecule has 0 heterocycles. The predicted octanol–water partition coefficient (Wildman–Crippen LogP) is 4.11. The number of ketones is 1. The number of hydrogen-bond donors (Lipinski definition) is 1. The minimum absolute atomic E-state index is 0.334. The lowest BCUT2D eigenvalue weighted by molar-refractivity contribution is -0.118. The van der Waals surface area contributed by atoms with E-state index in [0.29, 0.717) is 24.5 Å². The Kier molecular flexibility index (Phi) is 7.99. The summed E-state index contributed by atoms with van der Waals surface area (Å²) in [6, 6.07) is 7.98. The van der Waals surface area contributed by atoms with Crippen LogP contribution in [-0.4, -0.2) is 12.3 Å². The van der Waals surface area contributed by atoms with Gasteiger partial charge in [-0.2, -0.15) is 0 Å². The first-order chi connectivity index (χ1) is 9.15. The first-order valence-electron chi connectivity index (χ1n) is 7.12. The SMILES string of the molecule is CCCC(CCN)CCC(=O)Cc1ccc(Br)cc1. The summed E-state index contributed by atoms with van der Waals surface area (Å²) < 4.78 is 1.05. The van der Waals surface area contributed by atoms with Crippen molar-refractivity contribution in [3.63, 3.8) is 0 Å². The molecule has 106 valence electrons. The molecule has 0 bridgehead atoms. The maximum Gasteiger partial charge on any atom is 0.137 e. The molecule has 0 spiro atoms. The second-order valence-electron chi connectivity index (χ2n) is 5.11. The molecule has 1 rings (SSSR count). The van der Waals surface area contributed by atoms with Crippen LogP contribution in [0.1, 0.15) is 44.6 Å². The maximum atomic E-state index is 12.0. The zero-order chi connectivity index (χ0) is 14.1. The van der Waals surface area contributed by atoms with E-state index in [-0.39, 0.29) is 0 Å². The number of halogens is 1. The first-order valence-corrected chi connectivity index (χ1v) is 7.91. The molecule has 0 aliphatic heterocycles. The van der Waals surface area contributed by atoms with E-state index in [9.17, 15) is 4.79 Å². The van der Waals surface area contributed by atoms with Gasteiger partial charge in [-0.15, -0.1) is 0 Å².